The second kappa shape index (κ2) is 9.64. The van der Waals surface area contributed by atoms with Crippen molar-refractivity contribution >= 4 is 33.0 Å². The van der Waals surface area contributed by atoms with Crippen LogP contribution in [0.5, 0.6) is 0 Å². The van der Waals surface area contributed by atoms with Crippen LogP contribution in [-0.4, -0.2) is 47.7 Å². The van der Waals surface area contributed by atoms with Gasteiger partial charge in [-0.3, -0.25) is 9.10 Å². The third kappa shape index (κ3) is 5.02. The van der Waals surface area contributed by atoms with Crippen LogP contribution < -0.4 is 14.5 Å². The first-order chi connectivity index (χ1) is 15.9. The lowest BCUT2D eigenvalue weighted by Crippen LogP contribution is -2.36. The minimum Gasteiger partial charge on any atom is -0.378 e. The number of carbonyl (C=O) groups is 1. The molecule has 0 radical (unpaired) electrons. The number of rotatable bonds is 6. The molecule has 33 heavy (non-hydrogen) atoms. The number of anilines is 3. The maximum atomic E-state index is 13.1. The van der Waals surface area contributed by atoms with Gasteiger partial charge in [0.05, 0.1) is 29.4 Å². The van der Waals surface area contributed by atoms with Crippen molar-refractivity contribution in [3.63, 3.8) is 0 Å². The van der Waals surface area contributed by atoms with Crippen LogP contribution in [0.25, 0.3) is 0 Å². The summed E-state index contributed by atoms with van der Waals surface area (Å²) in [5.74, 6) is -0.379. The Morgan fingerprint density at radius 1 is 0.939 bits per heavy atom. The van der Waals surface area contributed by atoms with Gasteiger partial charge in [-0.15, -0.1) is 0 Å². The van der Waals surface area contributed by atoms with Crippen LogP contribution >= 0.6 is 0 Å². The molecule has 0 atom stereocenters. The number of sulfonamides is 1. The molecule has 3 aromatic carbocycles. The standard InChI is InChI=1S/C25H27N3O4S/c1-19-7-13-22(14-8-19)33(30,31)27(2)24-6-4-3-5-23(24)25(29)26-20-9-11-21(12-10-20)28-15-17-32-18-16-28/h3-14H,15-18H2,1-2H3,(H,26,29). The van der Waals surface area contributed by atoms with Crippen LogP contribution in [0.4, 0.5) is 17.1 Å². The zero-order valence-electron chi connectivity index (χ0n) is 18.7. The van der Waals surface area contributed by atoms with Gasteiger partial charge in [-0.1, -0.05) is 29.8 Å². The second-order valence-electron chi connectivity index (χ2n) is 7.90. The molecular formula is C25H27N3O4S. The van der Waals surface area contributed by atoms with Crippen molar-refractivity contribution in [3.05, 3.63) is 83.9 Å². The molecule has 0 aromatic heterocycles. The number of aryl methyl sites for hydroxylation is 1. The van der Waals surface area contributed by atoms with E-state index in [4.69, 9.17) is 4.74 Å². The number of hydrogen-bond donors (Lipinski definition) is 1. The molecule has 1 aliphatic rings. The van der Waals surface area contributed by atoms with Gasteiger partial charge in [0.15, 0.2) is 0 Å². The molecule has 7 nitrogen and oxygen atoms in total. The van der Waals surface area contributed by atoms with Crippen molar-refractivity contribution in [1.82, 2.24) is 0 Å². The molecule has 0 saturated carbocycles. The Hall–Kier alpha value is -3.36. The quantitative estimate of drug-likeness (QED) is 0.597. The van der Waals surface area contributed by atoms with Crippen molar-refractivity contribution in [2.24, 2.45) is 0 Å². The van der Waals surface area contributed by atoms with Gasteiger partial charge in [0.2, 0.25) is 0 Å². The van der Waals surface area contributed by atoms with Crippen LogP contribution in [0.3, 0.4) is 0 Å². The van der Waals surface area contributed by atoms with E-state index in [0.717, 1.165) is 28.6 Å². The van der Waals surface area contributed by atoms with Crippen LogP contribution in [-0.2, 0) is 14.8 Å². The highest BCUT2D eigenvalue weighted by Gasteiger charge is 2.25. The first-order valence-corrected chi connectivity index (χ1v) is 12.2. The number of nitrogens with one attached hydrogen (secondary N) is 1. The lowest BCUT2D eigenvalue weighted by molar-refractivity contribution is 0.102. The summed E-state index contributed by atoms with van der Waals surface area (Å²) in [7, 11) is -2.36. The lowest BCUT2D eigenvalue weighted by atomic mass is 10.1. The topological polar surface area (TPSA) is 79.0 Å². The molecule has 0 aliphatic carbocycles. The average Bonchev–Trinajstić information content (AvgIpc) is 2.85. The van der Waals surface area contributed by atoms with E-state index in [0.29, 0.717) is 24.6 Å². The highest BCUT2D eigenvalue weighted by molar-refractivity contribution is 7.92. The molecule has 4 rings (SSSR count). The average molecular weight is 466 g/mol. The first kappa shape index (κ1) is 22.8. The highest BCUT2D eigenvalue weighted by atomic mass is 32.2. The van der Waals surface area contributed by atoms with Gasteiger partial charge in [-0.05, 0) is 55.5 Å². The Morgan fingerprint density at radius 2 is 1.58 bits per heavy atom. The third-order valence-electron chi connectivity index (χ3n) is 5.67. The Bertz CT molecular complexity index is 1220. The van der Waals surface area contributed by atoms with E-state index in [2.05, 4.69) is 10.2 Å². The fraction of sp³-hybridized carbons (Fsp3) is 0.240. The summed E-state index contributed by atoms with van der Waals surface area (Å²) in [6.45, 7) is 4.97. The highest BCUT2D eigenvalue weighted by Crippen LogP contribution is 2.27. The largest absolute Gasteiger partial charge is 0.378 e. The van der Waals surface area contributed by atoms with Gasteiger partial charge < -0.3 is 15.0 Å². The monoisotopic (exact) mass is 465 g/mol. The molecule has 1 heterocycles. The molecule has 1 saturated heterocycles. The number of hydrogen-bond acceptors (Lipinski definition) is 5. The lowest BCUT2D eigenvalue weighted by Gasteiger charge is -2.29. The predicted octanol–water partition coefficient (Wildman–Crippen LogP) is 3.91. The number of morpholine rings is 1. The van der Waals surface area contributed by atoms with Crippen molar-refractivity contribution in [2.75, 3.05) is 47.9 Å². The third-order valence-corrected chi connectivity index (χ3v) is 7.45. The maximum absolute atomic E-state index is 13.1. The minimum atomic E-state index is -3.82. The first-order valence-electron chi connectivity index (χ1n) is 10.7. The van der Waals surface area contributed by atoms with Gasteiger partial charge in [0.25, 0.3) is 15.9 Å². The van der Waals surface area contributed by atoms with Gasteiger partial charge in [0, 0.05) is 31.5 Å². The summed E-state index contributed by atoms with van der Waals surface area (Å²) >= 11 is 0. The molecular weight excluding hydrogens is 438 g/mol. The number of carbonyl (C=O) groups excluding carboxylic acids is 1. The number of ether oxygens (including phenoxy) is 1. The SMILES string of the molecule is Cc1ccc(S(=O)(=O)N(C)c2ccccc2C(=O)Nc2ccc(N3CCOCC3)cc2)cc1. The Labute approximate surface area is 194 Å². The molecule has 0 spiro atoms. The fourth-order valence-corrected chi connectivity index (χ4v) is 4.93. The predicted molar refractivity (Wildman–Crippen MR) is 131 cm³/mol. The number of benzene rings is 3. The van der Waals surface area contributed by atoms with Gasteiger partial charge in [-0.2, -0.15) is 0 Å². The van der Waals surface area contributed by atoms with Crippen LogP contribution in [0.2, 0.25) is 0 Å². The minimum absolute atomic E-state index is 0.171. The van der Waals surface area contributed by atoms with Gasteiger partial charge >= 0.3 is 0 Å². The summed E-state index contributed by atoms with van der Waals surface area (Å²) < 4.78 is 32.8. The Kier molecular flexibility index (Phi) is 6.67. The maximum Gasteiger partial charge on any atom is 0.264 e. The summed E-state index contributed by atoms with van der Waals surface area (Å²) in [6.07, 6.45) is 0. The van der Waals surface area contributed by atoms with E-state index in [-0.39, 0.29) is 16.4 Å². The zero-order valence-corrected chi connectivity index (χ0v) is 19.5. The van der Waals surface area contributed by atoms with Crippen LogP contribution in [0, 0.1) is 6.92 Å². The second-order valence-corrected chi connectivity index (χ2v) is 9.87. The van der Waals surface area contributed by atoms with Gasteiger partial charge in [-0.25, -0.2) is 8.42 Å². The molecule has 1 N–H and O–H groups in total. The summed E-state index contributed by atoms with van der Waals surface area (Å²) in [5.41, 5.74) is 3.25. The van der Waals surface area contributed by atoms with Crippen molar-refractivity contribution in [3.8, 4) is 0 Å². The summed E-state index contributed by atoms with van der Waals surface area (Å²) in [6, 6.07) is 20.9. The van der Waals surface area contributed by atoms with E-state index in [1.807, 2.05) is 31.2 Å². The van der Waals surface area contributed by atoms with E-state index >= 15 is 0 Å². The normalized spacial score (nSPS) is 14.1. The molecule has 172 valence electrons. The molecule has 8 heteroatoms. The molecule has 1 aliphatic heterocycles. The molecule has 0 unspecified atom stereocenters. The van der Waals surface area contributed by atoms with Crippen LogP contribution in [0.15, 0.2) is 77.7 Å². The molecule has 0 bridgehead atoms. The van der Waals surface area contributed by atoms with E-state index < -0.39 is 10.0 Å². The summed E-state index contributed by atoms with van der Waals surface area (Å²) in [4.78, 5) is 15.5. The van der Waals surface area contributed by atoms with Gasteiger partial charge in [0.1, 0.15) is 0 Å². The van der Waals surface area contributed by atoms with E-state index in [1.54, 1.807) is 48.5 Å². The molecule has 1 fully saturated rings. The molecule has 3 aromatic rings. The number of amides is 1. The molecule has 1 amide bonds. The van der Waals surface area contributed by atoms with Crippen molar-refractivity contribution < 1.29 is 17.9 Å². The van der Waals surface area contributed by atoms with Crippen molar-refractivity contribution in [1.29, 1.82) is 0 Å². The zero-order chi connectivity index (χ0) is 23.4. The summed E-state index contributed by atoms with van der Waals surface area (Å²) in [5, 5.41) is 2.88. The number of para-hydroxylation sites is 1. The number of nitrogens with zero attached hydrogens (tertiary/aromatic N) is 2. The van der Waals surface area contributed by atoms with E-state index in [9.17, 15) is 13.2 Å². The van der Waals surface area contributed by atoms with Crippen molar-refractivity contribution in [2.45, 2.75) is 11.8 Å². The van der Waals surface area contributed by atoms with Crippen LogP contribution in [0.1, 0.15) is 15.9 Å². The Morgan fingerprint density at radius 3 is 2.24 bits per heavy atom. The smallest absolute Gasteiger partial charge is 0.264 e. The fourth-order valence-electron chi connectivity index (χ4n) is 3.71. The Balaban J connectivity index is 1.54. The van der Waals surface area contributed by atoms with E-state index in [1.165, 1.54) is 7.05 Å².